The molecule has 0 radical (unpaired) electrons. The highest BCUT2D eigenvalue weighted by atomic mass is 16.6. The fourth-order valence-corrected chi connectivity index (χ4v) is 1.66. The summed E-state index contributed by atoms with van der Waals surface area (Å²) in [5, 5.41) is 41.2. The van der Waals surface area contributed by atoms with Crippen molar-refractivity contribution in [1.82, 2.24) is 5.32 Å². The van der Waals surface area contributed by atoms with Gasteiger partial charge in [-0.25, -0.2) is 0 Å². The van der Waals surface area contributed by atoms with Crippen molar-refractivity contribution in [3.63, 3.8) is 0 Å². The SMILES string of the molecule is Cc1c(CNC(CO)(CO)CO)cccc1[N+](=O)[O-]. The summed E-state index contributed by atoms with van der Waals surface area (Å²) in [6.07, 6.45) is 0. The van der Waals surface area contributed by atoms with Crippen LogP contribution in [0.25, 0.3) is 0 Å². The van der Waals surface area contributed by atoms with Crippen molar-refractivity contribution in [2.75, 3.05) is 19.8 Å². The minimum Gasteiger partial charge on any atom is -0.394 e. The average molecular weight is 270 g/mol. The molecule has 0 aromatic heterocycles. The molecule has 0 atom stereocenters. The van der Waals surface area contributed by atoms with Gasteiger partial charge in [-0.05, 0) is 12.5 Å². The van der Waals surface area contributed by atoms with Gasteiger partial charge in [0.15, 0.2) is 0 Å². The van der Waals surface area contributed by atoms with Crippen LogP contribution in [0.1, 0.15) is 11.1 Å². The first-order chi connectivity index (χ1) is 8.99. The van der Waals surface area contributed by atoms with E-state index < -0.39 is 30.3 Å². The van der Waals surface area contributed by atoms with Crippen LogP contribution in [-0.2, 0) is 6.54 Å². The van der Waals surface area contributed by atoms with Gasteiger partial charge in [0.1, 0.15) is 0 Å². The van der Waals surface area contributed by atoms with Crippen LogP contribution in [0.4, 0.5) is 5.69 Å². The van der Waals surface area contributed by atoms with Crippen LogP contribution in [0.15, 0.2) is 18.2 Å². The van der Waals surface area contributed by atoms with Crippen LogP contribution >= 0.6 is 0 Å². The topological polar surface area (TPSA) is 116 Å². The van der Waals surface area contributed by atoms with Crippen molar-refractivity contribution < 1.29 is 20.2 Å². The zero-order valence-electron chi connectivity index (χ0n) is 10.7. The maximum absolute atomic E-state index is 10.8. The third kappa shape index (κ3) is 3.48. The Labute approximate surface area is 110 Å². The Balaban J connectivity index is 2.89. The van der Waals surface area contributed by atoms with Gasteiger partial charge in [0, 0.05) is 18.2 Å². The number of nitro benzene ring substituents is 1. The number of nitro groups is 1. The maximum Gasteiger partial charge on any atom is 0.272 e. The number of rotatable bonds is 7. The number of benzene rings is 1. The van der Waals surface area contributed by atoms with Gasteiger partial charge in [-0.3, -0.25) is 10.1 Å². The lowest BCUT2D eigenvalue weighted by molar-refractivity contribution is -0.385. The summed E-state index contributed by atoms with van der Waals surface area (Å²) in [6, 6.07) is 4.70. The summed E-state index contributed by atoms with van der Waals surface area (Å²) in [5.41, 5.74) is 0.00962. The second kappa shape index (κ2) is 6.58. The van der Waals surface area contributed by atoms with Crippen molar-refractivity contribution in [2.24, 2.45) is 0 Å². The first kappa shape index (κ1) is 15.5. The van der Waals surface area contributed by atoms with E-state index in [1.807, 2.05) is 0 Å². The van der Waals surface area contributed by atoms with Crippen LogP contribution < -0.4 is 5.32 Å². The van der Waals surface area contributed by atoms with Crippen LogP contribution in [0, 0.1) is 17.0 Å². The second-order valence-corrected chi connectivity index (χ2v) is 4.43. The summed E-state index contributed by atoms with van der Waals surface area (Å²) in [4.78, 5) is 10.3. The minimum atomic E-state index is -1.20. The quantitative estimate of drug-likeness (QED) is 0.399. The van der Waals surface area contributed by atoms with E-state index in [0.717, 1.165) is 0 Å². The molecule has 0 heterocycles. The molecule has 0 aliphatic carbocycles. The van der Waals surface area contributed by atoms with E-state index in [2.05, 4.69) is 5.32 Å². The van der Waals surface area contributed by atoms with Crippen molar-refractivity contribution in [3.8, 4) is 0 Å². The van der Waals surface area contributed by atoms with Gasteiger partial charge in [-0.2, -0.15) is 0 Å². The molecule has 1 aromatic rings. The van der Waals surface area contributed by atoms with Crippen LogP contribution in [0.5, 0.6) is 0 Å². The monoisotopic (exact) mass is 270 g/mol. The van der Waals surface area contributed by atoms with Crippen molar-refractivity contribution >= 4 is 5.69 Å². The average Bonchev–Trinajstić information content (AvgIpc) is 2.42. The molecule has 4 N–H and O–H groups in total. The normalized spacial score (nSPS) is 11.6. The van der Waals surface area contributed by atoms with Gasteiger partial charge in [-0.1, -0.05) is 12.1 Å². The summed E-state index contributed by atoms with van der Waals surface area (Å²) >= 11 is 0. The number of hydrogen-bond acceptors (Lipinski definition) is 6. The smallest absolute Gasteiger partial charge is 0.272 e. The number of hydrogen-bond donors (Lipinski definition) is 4. The van der Waals surface area contributed by atoms with E-state index >= 15 is 0 Å². The summed E-state index contributed by atoms with van der Waals surface area (Å²) < 4.78 is 0. The molecule has 7 heteroatoms. The standard InChI is InChI=1S/C12H18N2O5/c1-9-10(3-2-4-11(9)14(18)19)5-13-12(6-15,7-16)8-17/h2-4,13,15-17H,5-8H2,1H3. The fraction of sp³-hybridized carbons (Fsp3) is 0.500. The molecule has 19 heavy (non-hydrogen) atoms. The first-order valence-electron chi connectivity index (χ1n) is 5.80. The van der Waals surface area contributed by atoms with E-state index in [4.69, 9.17) is 0 Å². The molecule has 0 bridgehead atoms. The zero-order chi connectivity index (χ0) is 14.5. The molecule has 0 amide bonds. The van der Waals surface area contributed by atoms with Crippen LogP contribution in [-0.4, -0.2) is 45.6 Å². The van der Waals surface area contributed by atoms with E-state index in [9.17, 15) is 25.4 Å². The summed E-state index contributed by atoms with van der Waals surface area (Å²) in [7, 11) is 0. The van der Waals surface area contributed by atoms with E-state index in [-0.39, 0.29) is 12.2 Å². The molecular weight excluding hydrogens is 252 g/mol. The zero-order valence-corrected chi connectivity index (χ0v) is 10.7. The Bertz CT molecular complexity index is 437. The van der Waals surface area contributed by atoms with Crippen molar-refractivity contribution in [1.29, 1.82) is 0 Å². The van der Waals surface area contributed by atoms with E-state index in [1.54, 1.807) is 19.1 Å². The lowest BCUT2D eigenvalue weighted by atomic mass is 10.0. The van der Waals surface area contributed by atoms with Gasteiger partial charge in [-0.15, -0.1) is 0 Å². The maximum atomic E-state index is 10.8. The molecule has 0 saturated carbocycles. The van der Waals surface area contributed by atoms with E-state index in [0.29, 0.717) is 11.1 Å². The van der Waals surface area contributed by atoms with Crippen LogP contribution in [0.3, 0.4) is 0 Å². The number of aliphatic hydroxyl groups excluding tert-OH is 3. The molecule has 1 aromatic carbocycles. The molecule has 0 aliphatic rings. The van der Waals surface area contributed by atoms with Gasteiger partial charge >= 0.3 is 0 Å². The Hall–Kier alpha value is -1.54. The van der Waals surface area contributed by atoms with Gasteiger partial charge < -0.3 is 20.6 Å². The molecule has 0 saturated heterocycles. The van der Waals surface area contributed by atoms with Crippen molar-refractivity contribution in [2.45, 2.75) is 19.0 Å². The number of nitrogens with zero attached hydrogens (tertiary/aromatic N) is 1. The van der Waals surface area contributed by atoms with Gasteiger partial charge in [0.25, 0.3) is 5.69 Å². The number of nitrogens with one attached hydrogen (secondary N) is 1. The van der Waals surface area contributed by atoms with E-state index in [1.165, 1.54) is 6.07 Å². The summed E-state index contributed by atoms with van der Waals surface area (Å²) in [6.45, 7) is 0.527. The highest BCUT2D eigenvalue weighted by Gasteiger charge is 2.27. The second-order valence-electron chi connectivity index (χ2n) is 4.43. The molecule has 0 unspecified atom stereocenters. The predicted molar refractivity (Wildman–Crippen MR) is 68.7 cm³/mol. The predicted octanol–water partition coefficient (Wildman–Crippen LogP) is -0.291. The third-order valence-corrected chi connectivity index (χ3v) is 3.18. The molecule has 106 valence electrons. The molecule has 0 aliphatic heterocycles. The Kier molecular flexibility index (Phi) is 5.37. The molecular formula is C12H18N2O5. The lowest BCUT2D eigenvalue weighted by Gasteiger charge is -2.29. The van der Waals surface area contributed by atoms with Crippen molar-refractivity contribution in [3.05, 3.63) is 39.4 Å². The number of aliphatic hydroxyl groups is 3. The third-order valence-electron chi connectivity index (χ3n) is 3.18. The Morgan fingerprint density at radius 2 is 1.84 bits per heavy atom. The van der Waals surface area contributed by atoms with Gasteiger partial charge in [0.2, 0.25) is 0 Å². The highest BCUT2D eigenvalue weighted by molar-refractivity contribution is 5.44. The minimum absolute atomic E-state index is 0.0156. The first-order valence-corrected chi connectivity index (χ1v) is 5.80. The molecule has 0 spiro atoms. The molecule has 0 fully saturated rings. The summed E-state index contributed by atoms with van der Waals surface area (Å²) in [5.74, 6) is 0. The largest absolute Gasteiger partial charge is 0.394 e. The fourth-order valence-electron chi connectivity index (χ4n) is 1.66. The van der Waals surface area contributed by atoms with Gasteiger partial charge in [0.05, 0.1) is 30.3 Å². The Morgan fingerprint density at radius 3 is 2.32 bits per heavy atom. The highest BCUT2D eigenvalue weighted by Crippen LogP contribution is 2.21. The molecule has 1 rings (SSSR count). The Morgan fingerprint density at radius 1 is 1.26 bits per heavy atom. The van der Waals surface area contributed by atoms with Crippen LogP contribution in [0.2, 0.25) is 0 Å². The molecule has 7 nitrogen and oxygen atoms in total. The lowest BCUT2D eigenvalue weighted by Crippen LogP contribution is -2.54.